The third kappa shape index (κ3) is 6.09. The third-order valence-electron chi connectivity index (χ3n) is 3.43. The van der Waals surface area contributed by atoms with Gasteiger partial charge in [0.2, 0.25) is 5.91 Å². The lowest BCUT2D eigenvalue weighted by Crippen LogP contribution is -2.49. The van der Waals surface area contributed by atoms with Gasteiger partial charge in [-0.2, -0.15) is 13.2 Å². The van der Waals surface area contributed by atoms with Gasteiger partial charge in [0, 0.05) is 5.56 Å². The smallest absolute Gasteiger partial charge is 0.416 e. The molecule has 1 aromatic rings. The maximum absolute atomic E-state index is 12.5. The first kappa shape index (κ1) is 20.5. The molecule has 0 saturated heterocycles. The number of amides is 2. The summed E-state index contributed by atoms with van der Waals surface area (Å²) >= 11 is 0. The third-order valence-corrected chi connectivity index (χ3v) is 3.43. The Morgan fingerprint density at radius 3 is 2.20 bits per heavy atom. The van der Waals surface area contributed by atoms with E-state index < -0.39 is 41.5 Å². The minimum Gasteiger partial charge on any atom is -0.466 e. The van der Waals surface area contributed by atoms with Gasteiger partial charge in [-0.1, -0.05) is 6.92 Å². The van der Waals surface area contributed by atoms with E-state index in [0.717, 1.165) is 24.3 Å². The molecule has 138 valence electrons. The van der Waals surface area contributed by atoms with Crippen LogP contribution in [0.3, 0.4) is 0 Å². The second-order valence-electron chi connectivity index (χ2n) is 5.42. The summed E-state index contributed by atoms with van der Waals surface area (Å²) < 4.78 is 42.3. The number of nitrogens with one attached hydrogen (secondary N) is 1. The molecular weight excluding hydrogens is 341 g/mol. The maximum atomic E-state index is 12.5. The Morgan fingerprint density at radius 1 is 1.20 bits per heavy atom. The van der Waals surface area contributed by atoms with Crippen molar-refractivity contribution in [1.29, 1.82) is 0 Å². The van der Waals surface area contributed by atoms with Crippen LogP contribution in [0.4, 0.5) is 13.2 Å². The van der Waals surface area contributed by atoms with Crippen molar-refractivity contribution in [2.45, 2.75) is 32.5 Å². The second-order valence-corrected chi connectivity index (χ2v) is 5.42. The first-order chi connectivity index (χ1) is 11.6. The Morgan fingerprint density at radius 2 is 1.76 bits per heavy atom. The molecule has 0 aliphatic carbocycles. The van der Waals surface area contributed by atoms with E-state index in [1.807, 2.05) is 0 Å². The van der Waals surface area contributed by atoms with Crippen molar-refractivity contribution in [3.05, 3.63) is 35.4 Å². The largest absolute Gasteiger partial charge is 0.466 e. The van der Waals surface area contributed by atoms with Crippen molar-refractivity contribution in [3.8, 4) is 0 Å². The van der Waals surface area contributed by atoms with Crippen LogP contribution in [0.5, 0.6) is 0 Å². The Kier molecular flexibility index (Phi) is 6.96. The fraction of sp³-hybridized carbons (Fsp3) is 0.438. The van der Waals surface area contributed by atoms with Crippen LogP contribution in [0.15, 0.2) is 24.3 Å². The maximum Gasteiger partial charge on any atom is 0.416 e. The average Bonchev–Trinajstić information content (AvgIpc) is 2.51. The first-order valence-electron chi connectivity index (χ1n) is 7.49. The van der Waals surface area contributed by atoms with Crippen molar-refractivity contribution in [2.24, 2.45) is 11.7 Å². The summed E-state index contributed by atoms with van der Waals surface area (Å²) in [4.78, 5) is 35.1. The Hall–Kier alpha value is -2.58. The molecule has 0 aromatic heterocycles. The van der Waals surface area contributed by atoms with Crippen LogP contribution < -0.4 is 11.1 Å². The number of rotatable bonds is 7. The quantitative estimate of drug-likeness (QED) is 0.725. The average molecular weight is 360 g/mol. The van der Waals surface area contributed by atoms with Crippen molar-refractivity contribution in [2.75, 3.05) is 6.61 Å². The number of nitrogens with two attached hydrogens (primary N) is 1. The lowest BCUT2D eigenvalue weighted by atomic mass is 9.97. The van der Waals surface area contributed by atoms with Crippen LogP contribution in [0, 0.1) is 5.92 Å². The van der Waals surface area contributed by atoms with Gasteiger partial charge in [0.05, 0.1) is 18.6 Å². The standard InChI is InChI=1S/C16H19F3N2O4/c1-3-25-12(22)8-9(2)13(14(20)23)21-15(24)10-4-6-11(7-5-10)16(17,18)19/h4-7,9,13H,3,8H2,1-2H3,(H2,20,23)(H,21,24)/t9-,13-/m0/s1. The zero-order valence-corrected chi connectivity index (χ0v) is 13.7. The van der Waals surface area contributed by atoms with Crippen LogP contribution >= 0.6 is 0 Å². The summed E-state index contributed by atoms with van der Waals surface area (Å²) in [6.07, 6.45) is -4.66. The summed E-state index contributed by atoms with van der Waals surface area (Å²) in [5.41, 5.74) is 4.28. The predicted molar refractivity (Wildman–Crippen MR) is 82.3 cm³/mol. The lowest BCUT2D eigenvalue weighted by Gasteiger charge is -2.21. The second kappa shape index (κ2) is 8.50. The Labute approximate surface area is 142 Å². The molecule has 0 spiro atoms. The molecule has 25 heavy (non-hydrogen) atoms. The normalized spacial score (nSPS) is 13.6. The lowest BCUT2D eigenvalue weighted by molar-refractivity contribution is -0.144. The first-order valence-corrected chi connectivity index (χ1v) is 7.49. The molecule has 2 amide bonds. The Balaban J connectivity index is 2.82. The molecule has 0 fully saturated rings. The van der Waals surface area contributed by atoms with Crippen LogP contribution in [-0.2, 0) is 20.5 Å². The molecule has 1 rings (SSSR count). The van der Waals surface area contributed by atoms with Gasteiger partial charge in [-0.15, -0.1) is 0 Å². The van der Waals surface area contributed by atoms with Gasteiger partial charge in [-0.05, 0) is 37.1 Å². The van der Waals surface area contributed by atoms with Crippen LogP contribution in [-0.4, -0.2) is 30.4 Å². The number of halogens is 3. The SMILES string of the molecule is CCOC(=O)C[C@H](C)[C@H](NC(=O)c1ccc(C(F)(F)F)cc1)C(N)=O. The Bertz CT molecular complexity index is 629. The van der Waals surface area contributed by atoms with Gasteiger partial charge < -0.3 is 15.8 Å². The molecule has 0 bridgehead atoms. The van der Waals surface area contributed by atoms with Crippen molar-refractivity contribution < 1.29 is 32.3 Å². The zero-order chi connectivity index (χ0) is 19.2. The number of carbonyl (C=O) groups excluding carboxylic acids is 3. The summed E-state index contributed by atoms with van der Waals surface area (Å²) in [7, 11) is 0. The number of primary amides is 1. The molecule has 0 heterocycles. The van der Waals surface area contributed by atoms with E-state index in [-0.39, 0.29) is 18.6 Å². The number of esters is 1. The molecular formula is C16H19F3N2O4. The minimum atomic E-state index is -4.51. The van der Waals surface area contributed by atoms with Gasteiger partial charge >= 0.3 is 12.1 Å². The van der Waals surface area contributed by atoms with Crippen molar-refractivity contribution in [3.63, 3.8) is 0 Å². The number of hydrogen-bond donors (Lipinski definition) is 2. The molecule has 3 N–H and O–H groups in total. The predicted octanol–water partition coefficient (Wildman–Crippen LogP) is 1.88. The zero-order valence-electron chi connectivity index (χ0n) is 13.7. The number of benzene rings is 1. The van der Waals surface area contributed by atoms with E-state index in [0.29, 0.717) is 0 Å². The number of alkyl halides is 3. The number of ether oxygens (including phenoxy) is 1. The van der Waals surface area contributed by atoms with Crippen molar-refractivity contribution in [1.82, 2.24) is 5.32 Å². The number of carbonyl (C=O) groups is 3. The van der Waals surface area contributed by atoms with E-state index in [1.54, 1.807) is 6.92 Å². The molecule has 1 aromatic carbocycles. The molecule has 9 heteroatoms. The summed E-state index contributed by atoms with van der Waals surface area (Å²) in [5.74, 6) is -2.83. The van der Waals surface area contributed by atoms with Gasteiger partial charge in [-0.25, -0.2) is 0 Å². The molecule has 0 aliphatic heterocycles. The fourth-order valence-electron chi connectivity index (χ4n) is 2.13. The van der Waals surface area contributed by atoms with E-state index in [9.17, 15) is 27.6 Å². The van der Waals surface area contributed by atoms with Crippen LogP contribution in [0.2, 0.25) is 0 Å². The summed E-state index contributed by atoms with van der Waals surface area (Å²) in [5, 5.41) is 2.34. The van der Waals surface area contributed by atoms with Gasteiger partial charge in [-0.3, -0.25) is 14.4 Å². The van der Waals surface area contributed by atoms with E-state index in [4.69, 9.17) is 10.5 Å². The van der Waals surface area contributed by atoms with Crippen molar-refractivity contribution >= 4 is 17.8 Å². The minimum absolute atomic E-state index is 0.0671. The van der Waals surface area contributed by atoms with E-state index in [1.165, 1.54) is 6.92 Å². The summed E-state index contributed by atoms with van der Waals surface area (Å²) in [6, 6.07) is 2.34. The molecule has 0 aliphatic rings. The summed E-state index contributed by atoms with van der Waals surface area (Å²) in [6.45, 7) is 3.32. The van der Waals surface area contributed by atoms with Gasteiger partial charge in [0.15, 0.2) is 0 Å². The molecule has 0 unspecified atom stereocenters. The van der Waals surface area contributed by atoms with E-state index >= 15 is 0 Å². The fourth-order valence-corrected chi connectivity index (χ4v) is 2.13. The van der Waals surface area contributed by atoms with Gasteiger partial charge in [0.1, 0.15) is 6.04 Å². The van der Waals surface area contributed by atoms with Gasteiger partial charge in [0.25, 0.3) is 5.91 Å². The molecule has 2 atom stereocenters. The highest BCUT2D eigenvalue weighted by Crippen LogP contribution is 2.29. The van der Waals surface area contributed by atoms with Crippen LogP contribution in [0.25, 0.3) is 0 Å². The highest BCUT2D eigenvalue weighted by molar-refractivity contribution is 5.97. The number of hydrogen-bond acceptors (Lipinski definition) is 4. The highest BCUT2D eigenvalue weighted by Gasteiger charge is 2.31. The monoisotopic (exact) mass is 360 g/mol. The highest BCUT2D eigenvalue weighted by atomic mass is 19.4. The molecule has 0 saturated carbocycles. The van der Waals surface area contributed by atoms with Crippen LogP contribution in [0.1, 0.15) is 36.2 Å². The molecule has 6 nitrogen and oxygen atoms in total. The topological polar surface area (TPSA) is 98.5 Å². The van der Waals surface area contributed by atoms with E-state index in [2.05, 4.69) is 5.32 Å². The molecule has 0 radical (unpaired) electrons.